The van der Waals surface area contributed by atoms with Crippen molar-refractivity contribution in [3.8, 4) is 0 Å². The van der Waals surface area contributed by atoms with E-state index < -0.39 is 18.4 Å². The third kappa shape index (κ3) is 9.15. The molecule has 1 unspecified atom stereocenters. The van der Waals surface area contributed by atoms with Crippen molar-refractivity contribution in [2.24, 2.45) is 11.8 Å². The molecule has 30 heavy (non-hydrogen) atoms. The van der Waals surface area contributed by atoms with Crippen LogP contribution in [0.4, 0.5) is 13.2 Å². The van der Waals surface area contributed by atoms with Crippen LogP contribution in [-0.4, -0.2) is 76.0 Å². The van der Waals surface area contributed by atoms with Crippen LogP contribution >= 0.6 is 0 Å². The maximum Gasteiger partial charge on any atom is 0.471 e. The van der Waals surface area contributed by atoms with E-state index in [1.165, 1.54) is 6.92 Å². The second-order valence-corrected chi connectivity index (χ2v) is 7.24. The maximum atomic E-state index is 12.0. The average Bonchev–Trinajstić information content (AvgIpc) is 2.67. The van der Waals surface area contributed by atoms with Crippen molar-refractivity contribution < 1.29 is 41.7 Å². The lowest BCUT2D eigenvalue weighted by Gasteiger charge is -2.44. The lowest BCUT2D eigenvalue weighted by Crippen LogP contribution is -2.57. The van der Waals surface area contributed by atoms with Crippen molar-refractivity contribution in [2.75, 3.05) is 39.6 Å². The molecule has 1 rings (SSSR count). The van der Waals surface area contributed by atoms with Gasteiger partial charge in [0.05, 0.1) is 45.2 Å². The largest absolute Gasteiger partial charge is 0.471 e. The monoisotopic (exact) mass is 442 g/mol. The van der Waals surface area contributed by atoms with Gasteiger partial charge in [-0.05, 0) is 18.3 Å². The summed E-state index contributed by atoms with van der Waals surface area (Å²) in [7, 11) is 0. The molecule has 1 fully saturated rings. The fourth-order valence-electron chi connectivity index (χ4n) is 3.22. The zero-order chi connectivity index (χ0) is 22.7. The number of rotatable bonds is 12. The summed E-state index contributed by atoms with van der Waals surface area (Å²) in [4.78, 5) is 22.1. The molecule has 1 heterocycles. The third-order valence-electron chi connectivity index (χ3n) is 5.03. The van der Waals surface area contributed by atoms with E-state index in [0.29, 0.717) is 0 Å². The molecule has 8 nitrogen and oxygen atoms in total. The van der Waals surface area contributed by atoms with Gasteiger partial charge in [0.15, 0.2) is 6.29 Å². The van der Waals surface area contributed by atoms with Gasteiger partial charge in [-0.25, -0.2) is 0 Å². The smallest absolute Gasteiger partial charge is 0.377 e. The van der Waals surface area contributed by atoms with Gasteiger partial charge in [-0.15, -0.1) is 0 Å². The summed E-state index contributed by atoms with van der Waals surface area (Å²) in [5.41, 5.74) is 0. The van der Waals surface area contributed by atoms with E-state index in [2.05, 4.69) is 19.2 Å². The molecule has 0 radical (unpaired) electrons. The number of alkyl halides is 3. The van der Waals surface area contributed by atoms with Crippen LogP contribution in [0.3, 0.4) is 0 Å². The van der Waals surface area contributed by atoms with Gasteiger partial charge in [-0.3, -0.25) is 9.59 Å². The van der Waals surface area contributed by atoms with Gasteiger partial charge in [-0.1, -0.05) is 20.8 Å². The summed E-state index contributed by atoms with van der Waals surface area (Å²) in [5, 5.41) is 4.61. The molecular weight excluding hydrogens is 409 g/mol. The molecule has 1 saturated heterocycles. The van der Waals surface area contributed by atoms with Crippen molar-refractivity contribution in [1.29, 1.82) is 0 Å². The minimum absolute atomic E-state index is 0.0437. The molecule has 0 bridgehead atoms. The Morgan fingerprint density at radius 2 is 1.60 bits per heavy atom. The lowest BCUT2D eigenvalue weighted by molar-refractivity contribution is -0.239. The molecule has 0 aromatic rings. The summed E-state index contributed by atoms with van der Waals surface area (Å²) < 4.78 is 58.2. The van der Waals surface area contributed by atoms with E-state index in [0.717, 1.165) is 6.42 Å². The minimum Gasteiger partial charge on any atom is -0.377 e. The Morgan fingerprint density at radius 3 is 2.17 bits per heavy atom. The molecule has 176 valence electrons. The van der Waals surface area contributed by atoms with Crippen molar-refractivity contribution in [2.45, 2.75) is 58.7 Å². The maximum absolute atomic E-state index is 12.0. The normalized spacial score (nSPS) is 27.0. The number of halogens is 3. The molecule has 1 aliphatic heterocycles. The Kier molecular flexibility index (Phi) is 11.6. The fraction of sp³-hybridized carbons (Fsp3) is 0.895. The third-order valence-corrected chi connectivity index (χ3v) is 5.03. The lowest BCUT2D eigenvalue weighted by atomic mass is 9.81. The van der Waals surface area contributed by atoms with Crippen LogP contribution in [0.25, 0.3) is 0 Å². The van der Waals surface area contributed by atoms with Gasteiger partial charge in [0, 0.05) is 13.5 Å². The molecular formula is C19H33F3N2O6. The minimum atomic E-state index is -4.89. The first-order valence-electron chi connectivity index (χ1n) is 10.1. The van der Waals surface area contributed by atoms with Gasteiger partial charge < -0.3 is 29.6 Å². The van der Waals surface area contributed by atoms with Crippen molar-refractivity contribution in [3.05, 3.63) is 0 Å². The number of amides is 2. The first-order valence-corrected chi connectivity index (χ1v) is 10.1. The van der Waals surface area contributed by atoms with Gasteiger partial charge in [0.1, 0.15) is 0 Å². The molecule has 0 aliphatic carbocycles. The first-order chi connectivity index (χ1) is 14.1. The molecule has 0 spiro atoms. The average molecular weight is 442 g/mol. The van der Waals surface area contributed by atoms with Gasteiger partial charge in [-0.2, -0.15) is 13.2 Å². The highest BCUT2D eigenvalue weighted by atomic mass is 19.4. The SMILES string of the molecule is CC[C@H]1OC(OCCOCCOCCNC(=O)C(F)(F)F)[C@H](NC(C)=O)[C@@H](C)[C@H]1C. The Hall–Kier alpha value is -1.43. The standard InChI is InChI=1S/C19H33F3N2O6/c1-5-15-12(2)13(3)16(24-14(4)25)17(30-15)29-11-10-28-9-8-27-7-6-23-18(26)19(20,21)22/h12-13,15-17H,5-11H2,1-4H3,(H,23,26)(H,24,25)/t12-,13+,15-,16-,17?/m1/s1. The second-order valence-electron chi connectivity index (χ2n) is 7.24. The van der Waals surface area contributed by atoms with E-state index in [-0.39, 0.29) is 69.5 Å². The number of hydrogen-bond acceptors (Lipinski definition) is 6. The van der Waals surface area contributed by atoms with Crippen LogP contribution in [-0.2, 0) is 28.5 Å². The van der Waals surface area contributed by atoms with Crippen LogP contribution in [0.2, 0.25) is 0 Å². The Bertz CT molecular complexity index is 535. The molecule has 5 atom stereocenters. The van der Waals surface area contributed by atoms with Gasteiger partial charge >= 0.3 is 12.1 Å². The second kappa shape index (κ2) is 13.1. The Morgan fingerprint density at radius 1 is 1.00 bits per heavy atom. The van der Waals surface area contributed by atoms with Crippen molar-refractivity contribution in [1.82, 2.24) is 10.6 Å². The van der Waals surface area contributed by atoms with Crippen LogP contribution in [0, 0.1) is 11.8 Å². The summed E-state index contributed by atoms with van der Waals surface area (Å²) >= 11 is 0. The van der Waals surface area contributed by atoms with Crippen LogP contribution < -0.4 is 10.6 Å². The van der Waals surface area contributed by atoms with Crippen molar-refractivity contribution in [3.63, 3.8) is 0 Å². The first kappa shape index (κ1) is 26.6. The van der Waals surface area contributed by atoms with E-state index in [1.807, 2.05) is 6.92 Å². The van der Waals surface area contributed by atoms with E-state index >= 15 is 0 Å². The molecule has 0 aromatic carbocycles. The topological polar surface area (TPSA) is 95.1 Å². The highest BCUT2D eigenvalue weighted by Crippen LogP contribution is 2.32. The fourth-order valence-corrected chi connectivity index (χ4v) is 3.22. The summed E-state index contributed by atoms with van der Waals surface area (Å²) in [6.07, 6.45) is -4.57. The molecule has 1 aliphatic rings. The summed E-state index contributed by atoms with van der Waals surface area (Å²) in [6, 6.07) is -0.254. The molecule has 0 saturated carbocycles. The van der Waals surface area contributed by atoms with E-state index in [9.17, 15) is 22.8 Å². The number of hydrogen-bond donors (Lipinski definition) is 2. The summed E-state index contributed by atoms with van der Waals surface area (Å²) in [6.45, 7) is 8.29. The zero-order valence-corrected chi connectivity index (χ0v) is 17.9. The van der Waals surface area contributed by atoms with Crippen LogP contribution in [0.1, 0.15) is 34.1 Å². The van der Waals surface area contributed by atoms with Crippen LogP contribution in [0.5, 0.6) is 0 Å². The quantitative estimate of drug-likeness (QED) is 0.446. The summed E-state index contributed by atoms with van der Waals surface area (Å²) in [5.74, 6) is -1.67. The molecule has 2 N–H and O–H groups in total. The number of carbonyl (C=O) groups excluding carboxylic acids is 2. The Balaban J connectivity index is 2.21. The number of nitrogens with one attached hydrogen (secondary N) is 2. The predicted octanol–water partition coefficient (Wildman–Crippen LogP) is 1.63. The van der Waals surface area contributed by atoms with E-state index in [1.54, 1.807) is 5.32 Å². The predicted molar refractivity (Wildman–Crippen MR) is 102 cm³/mol. The van der Waals surface area contributed by atoms with Crippen LogP contribution in [0.15, 0.2) is 0 Å². The zero-order valence-electron chi connectivity index (χ0n) is 17.9. The van der Waals surface area contributed by atoms with Crippen molar-refractivity contribution >= 4 is 11.8 Å². The Labute approximate surface area is 175 Å². The highest BCUT2D eigenvalue weighted by molar-refractivity contribution is 5.81. The van der Waals surface area contributed by atoms with E-state index in [4.69, 9.17) is 18.9 Å². The highest BCUT2D eigenvalue weighted by Gasteiger charge is 2.41. The van der Waals surface area contributed by atoms with Gasteiger partial charge in [0.25, 0.3) is 0 Å². The molecule has 11 heteroatoms. The number of ether oxygens (including phenoxy) is 4. The van der Waals surface area contributed by atoms with Gasteiger partial charge in [0.2, 0.25) is 5.91 Å². The number of carbonyl (C=O) groups is 2. The molecule has 2 amide bonds. The molecule has 0 aromatic heterocycles.